The molecule has 1 fully saturated rings. The van der Waals surface area contributed by atoms with Gasteiger partial charge in [0.15, 0.2) is 14.6 Å². The van der Waals surface area contributed by atoms with Crippen molar-refractivity contribution in [3.63, 3.8) is 0 Å². The fraction of sp³-hybridized carbons (Fsp3) is 0.400. The normalized spacial score (nSPS) is 17.2. The number of ether oxygens (including phenoxy) is 1. The van der Waals surface area contributed by atoms with E-state index in [0.717, 1.165) is 17.8 Å². The number of nitrogens with zero attached hydrogens (tertiary/aromatic N) is 2. The lowest BCUT2D eigenvalue weighted by Gasteiger charge is -2.39. The average molecular weight is 406 g/mol. The monoisotopic (exact) mass is 406 g/mol. The zero-order chi connectivity index (χ0) is 20.2. The van der Waals surface area contributed by atoms with Crippen molar-refractivity contribution in [1.29, 1.82) is 0 Å². The Hall–Kier alpha value is -2.32. The maximum absolute atomic E-state index is 13.3. The summed E-state index contributed by atoms with van der Waals surface area (Å²) in [6.45, 7) is 3.14. The van der Waals surface area contributed by atoms with E-state index >= 15 is 0 Å². The molecule has 6 nitrogen and oxygen atoms in total. The Kier molecular flexibility index (Phi) is 6.10. The zero-order valence-corrected chi connectivity index (χ0v) is 16.5. The van der Waals surface area contributed by atoms with Gasteiger partial charge in [0.25, 0.3) is 0 Å². The van der Waals surface area contributed by atoms with Crippen LogP contribution in [0, 0.1) is 5.82 Å². The van der Waals surface area contributed by atoms with Gasteiger partial charge in [0.05, 0.1) is 17.2 Å². The maximum atomic E-state index is 13.3. The van der Waals surface area contributed by atoms with Crippen molar-refractivity contribution in [1.82, 2.24) is 9.88 Å². The molecule has 1 aromatic heterocycles. The van der Waals surface area contributed by atoms with E-state index in [1.54, 1.807) is 13.1 Å². The van der Waals surface area contributed by atoms with E-state index < -0.39 is 26.4 Å². The second-order valence-electron chi connectivity index (χ2n) is 6.77. The largest absolute Gasteiger partial charge is 0.465 e. The molecular weight excluding hydrogens is 383 g/mol. The van der Waals surface area contributed by atoms with Crippen LogP contribution in [0.25, 0.3) is 0 Å². The molecule has 0 amide bonds. The van der Waals surface area contributed by atoms with Crippen LogP contribution in [-0.4, -0.2) is 48.7 Å². The molecule has 1 aliphatic heterocycles. The number of likely N-dealkylation sites (tertiary alicyclic amines) is 1. The van der Waals surface area contributed by atoms with E-state index in [9.17, 15) is 17.6 Å². The lowest BCUT2D eigenvalue weighted by atomic mass is 9.95. The molecule has 0 bridgehead atoms. The second kappa shape index (κ2) is 8.36. The molecule has 0 aliphatic carbocycles. The molecule has 3 rings (SSSR count). The lowest BCUT2D eigenvalue weighted by molar-refractivity contribution is -0.147. The molecule has 1 aromatic carbocycles. The number of piperidine rings is 1. The van der Waals surface area contributed by atoms with Gasteiger partial charge in [-0.1, -0.05) is 6.07 Å². The summed E-state index contributed by atoms with van der Waals surface area (Å²) in [5, 5.41) is 0. The van der Waals surface area contributed by atoms with Gasteiger partial charge in [-0.3, -0.25) is 14.7 Å². The van der Waals surface area contributed by atoms with E-state index in [4.69, 9.17) is 4.74 Å². The van der Waals surface area contributed by atoms with Gasteiger partial charge < -0.3 is 4.74 Å². The standard InChI is InChI=1S/C20H23FN2O4S/c1-2-27-19(24)20(28(25,26)18-8-6-16(21)7-9-18)10-13-23(14-11-20)15-17-5-3-4-12-22-17/h3-9,12H,2,10-11,13-15H2,1H3. The number of hydrogen-bond donors (Lipinski definition) is 0. The highest BCUT2D eigenvalue weighted by Gasteiger charge is 2.54. The van der Waals surface area contributed by atoms with Gasteiger partial charge in [0.2, 0.25) is 0 Å². The molecule has 0 atom stereocenters. The Labute approximate surface area is 164 Å². The summed E-state index contributed by atoms with van der Waals surface area (Å²) >= 11 is 0. The van der Waals surface area contributed by atoms with Crippen LogP contribution in [0.3, 0.4) is 0 Å². The Balaban J connectivity index is 1.86. The minimum absolute atomic E-state index is 0.0693. The van der Waals surface area contributed by atoms with E-state index in [-0.39, 0.29) is 24.3 Å². The fourth-order valence-electron chi connectivity index (χ4n) is 3.48. The van der Waals surface area contributed by atoms with Crippen LogP contribution >= 0.6 is 0 Å². The summed E-state index contributed by atoms with van der Waals surface area (Å²) < 4.78 is 43.4. The van der Waals surface area contributed by atoms with Crippen LogP contribution in [0.15, 0.2) is 53.6 Å². The molecule has 150 valence electrons. The summed E-state index contributed by atoms with van der Waals surface area (Å²) in [7, 11) is -4.04. The predicted molar refractivity (Wildman–Crippen MR) is 102 cm³/mol. The van der Waals surface area contributed by atoms with Crippen molar-refractivity contribution in [3.8, 4) is 0 Å². The van der Waals surface area contributed by atoms with Crippen LogP contribution in [0.1, 0.15) is 25.5 Å². The van der Waals surface area contributed by atoms with Crippen molar-refractivity contribution < 1.29 is 22.3 Å². The number of sulfone groups is 1. The molecule has 0 saturated carbocycles. The summed E-state index contributed by atoms with van der Waals surface area (Å²) in [6, 6.07) is 10.2. The summed E-state index contributed by atoms with van der Waals surface area (Å²) in [6.07, 6.45) is 1.93. The molecule has 0 radical (unpaired) electrons. The molecule has 0 spiro atoms. The van der Waals surface area contributed by atoms with Gasteiger partial charge in [0, 0.05) is 25.8 Å². The minimum atomic E-state index is -4.04. The van der Waals surface area contributed by atoms with Crippen molar-refractivity contribution >= 4 is 15.8 Å². The van der Waals surface area contributed by atoms with Crippen molar-refractivity contribution in [2.45, 2.75) is 36.0 Å². The first kappa shape index (κ1) is 20.4. The van der Waals surface area contributed by atoms with Crippen LogP contribution in [0.2, 0.25) is 0 Å². The molecule has 28 heavy (non-hydrogen) atoms. The van der Waals surface area contributed by atoms with Crippen molar-refractivity contribution in [2.75, 3.05) is 19.7 Å². The number of esters is 1. The van der Waals surface area contributed by atoms with E-state index in [1.807, 2.05) is 18.2 Å². The molecule has 2 aromatic rings. The highest BCUT2D eigenvalue weighted by molar-refractivity contribution is 7.93. The number of carbonyl (C=O) groups excluding carboxylic acids is 1. The highest BCUT2D eigenvalue weighted by Crippen LogP contribution is 2.37. The van der Waals surface area contributed by atoms with E-state index in [1.165, 1.54) is 12.1 Å². The number of rotatable bonds is 6. The molecule has 8 heteroatoms. The van der Waals surface area contributed by atoms with Gasteiger partial charge in [-0.25, -0.2) is 12.8 Å². The first-order valence-corrected chi connectivity index (χ1v) is 10.7. The Morgan fingerprint density at radius 1 is 1.18 bits per heavy atom. The van der Waals surface area contributed by atoms with Crippen molar-refractivity contribution in [3.05, 3.63) is 60.2 Å². The molecule has 2 heterocycles. The number of aromatic nitrogens is 1. The van der Waals surface area contributed by atoms with Crippen LogP contribution < -0.4 is 0 Å². The summed E-state index contributed by atoms with van der Waals surface area (Å²) in [4.78, 5) is 19.1. The molecule has 1 aliphatic rings. The van der Waals surface area contributed by atoms with E-state index in [0.29, 0.717) is 19.6 Å². The smallest absolute Gasteiger partial charge is 0.327 e. The van der Waals surface area contributed by atoms with Gasteiger partial charge in [0.1, 0.15) is 5.82 Å². The first-order valence-electron chi connectivity index (χ1n) is 9.19. The van der Waals surface area contributed by atoms with Gasteiger partial charge >= 0.3 is 5.97 Å². The van der Waals surface area contributed by atoms with Crippen molar-refractivity contribution in [2.24, 2.45) is 0 Å². The summed E-state index contributed by atoms with van der Waals surface area (Å²) in [5.74, 6) is -1.27. The second-order valence-corrected chi connectivity index (χ2v) is 9.03. The number of halogens is 1. The highest BCUT2D eigenvalue weighted by atomic mass is 32.2. The number of pyridine rings is 1. The number of hydrogen-bond acceptors (Lipinski definition) is 6. The topological polar surface area (TPSA) is 76.6 Å². The maximum Gasteiger partial charge on any atom is 0.327 e. The van der Waals surface area contributed by atoms with Gasteiger partial charge in [-0.15, -0.1) is 0 Å². The third-order valence-electron chi connectivity index (χ3n) is 5.06. The number of benzene rings is 1. The minimum Gasteiger partial charge on any atom is -0.465 e. The molecule has 1 saturated heterocycles. The van der Waals surface area contributed by atoms with Gasteiger partial charge in [-0.2, -0.15) is 0 Å². The quantitative estimate of drug-likeness (QED) is 0.542. The lowest BCUT2D eigenvalue weighted by Crippen LogP contribution is -2.54. The SMILES string of the molecule is CCOC(=O)C1(S(=O)(=O)c2ccc(F)cc2)CCN(Cc2ccccn2)CC1. The fourth-order valence-corrected chi connectivity index (χ4v) is 5.42. The molecule has 0 unspecified atom stereocenters. The van der Waals surface area contributed by atoms with Crippen LogP contribution in [0.4, 0.5) is 4.39 Å². The Morgan fingerprint density at radius 3 is 2.43 bits per heavy atom. The Morgan fingerprint density at radius 2 is 1.86 bits per heavy atom. The average Bonchev–Trinajstić information content (AvgIpc) is 2.70. The zero-order valence-electron chi connectivity index (χ0n) is 15.7. The number of carbonyl (C=O) groups is 1. The van der Waals surface area contributed by atoms with Crippen LogP contribution in [-0.2, 0) is 25.9 Å². The third kappa shape index (κ3) is 3.93. The third-order valence-corrected chi connectivity index (χ3v) is 7.56. The molecular formula is C20H23FN2O4S. The van der Waals surface area contributed by atoms with E-state index in [2.05, 4.69) is 9.88 Å². The first-order chi connectivity index (χ1) is 13.4. The van der Waals surface area contributed by atoms with Gasteiger partial charge in [-0.05, 0) is 56.2 Å². The molecule has 0 N–H and O–H groups in total. The van der Waals surface area contributed by atoms with Crippen LogP contribution in [0.5, 0.6) is 0 Å². The summed E-state index contributed by atoms with van der Waals surface area (Å²) in [5.41, 5.74) is 0.882. The Bertz CT molecular complexity index is 909. The predicted octanol–water partition coefficient (Wildman–Crippen LogP) is 2.59.